The molecule has 1 saturated carbocycles. The van der Waals surface area contributed by atoms with Gasteiger partial charge in [0.25, 0.3) is 0 Å². The van der Waals surface area contributed by atoms with E-state index in [4.69, 9.17) is 11.1 Å². The summed E-state index contributed by atoms with van der Waals surface area (Å²) in [6.45, 7) is 0. The van der Waals surface area contributed by atoms with Crippen LogP contribution in [0, 0.1) is 11.3 Å². The van der Waals surface area contributed by atoms with Gasteiger partial charge in [-0.05, 0) is 18.8 Å². The smallest absolute Gasteiger partial charge is 0.315 e. The maximum atomic E-state index is 10.9. The lowest BCUT2D eigenvalue weighted by Crippen LogP contribution is -2.48. The Morgan fingerprint density at radius 1 is 1.67 bits per heavy atom. The summed E-state index contributed by atoms with van der Waals surface area (Å²) in [5.41, 5.74) is 5.32. The minimum atomic E-state index is -0.276. The van der Waals surface area contributed by atoms with E-state index in [0.29, 0.717) is 5.92 Å². The summed E-state index contributed by atoms with van der Waals surface area (Å²) in [6, 6.07) is -0.549. The first-order chi connectivity index (χ1) is 5.65. The van der Waals surface area contributed by atoms with E-state index >= 15 is 0 Å². The van der Waals surface area contributed by atoms with Crippen molar-refractivity contribution >= 4 is 11.9 Å². The van der Waals surface area contributed by atoms with Crippen molar-refractivity contribution in [1.29, 1.82) is 5.41 Å². The topological polar surface area (TPSA) is 91.0 Å². The lowest BCUT2D eigenvalue weighted by Gasteiger charge is -2.15. The molecule has 0 heterocycles. The van der Waals surface area contributed by atoms with Crippen molar-refractivity contribution in [2.75, 3.05) is 7.05 Å². The van der Waals surface area contributed by atoms with E-state index in [-0.39, 0.29) is 17.9 Å². The third kappa shape index (κ3) is 2.11. The van der Waals surface area contributed by atoms with Crippen molar-refractivity contribution in [3.63, 3.8) is 0 Å². The van der Waals surface area contributed by atoms with Crippen LogP contribution in [0.1, 0.15) is 12.8 Å². The number of nitrogens with two attached hydrogens (primary N) is 1. The first-order valence-electron chi connectivity index (χ1n) is 3.97. The molecule has 1 atom stereocenters. The van der Waals surface area contributed by atoms with Gasteiger partial charge in [0.05, 0.1) is 6.04 Å². The SMILES string of the molecule is CNC(=O)NC(C(=N)N)C1CC1. The molecular formula is C7H14N4O. The summed E-state index contributed by atoms with van der Waals surface area (Å²) in [4.78, 5) is 10.9. The van der Waals surface area contributed by atoms with E-state index in [9.17, 15) is 4.79 Å². The van der Waals surface area contributed by atoms with Crippen molar-refractivity contribution in [2.24, 2.45) is 11.7 Å². The van der Waals surface area contributed by atoms with Crippen LogP contribution in [-0.2, 0) is 0 Å². The summed E-state index contributed by atoms with van der Waals surface area (Å²) < 4.78 is 0. The van der Waals surface area contributed by atoms with Gasteiger partial charge in [-0.1, -0.05) is 0 Å². The van der Waals surface area contributed by atoms with Gasteiger partial charge in [-0.25, -0.2) is 4.79 Å². The standard InChI is InChI=1S/C7H14N4O/c1-10-7(12)11-5(6(8)9)4-2-3-4/h4-5H,2-3H2,1H3,(H3,8,9)(H2,10,11,12). The minimum Gasteiger partial charge on any atom is -0.386 e. The first-order valence-corrected chi connectivity index (χ1v) is 3.97. The van der Waals surface area contributed by atoms with Crippen molar-refractivity contribution in [1.82, 2.24) is 10.6 Å². The maximum absolute atomic E-state index is 10.9. The molecule has 5 nitrogen and oxygen atoms in total. The van der Waals surface area contributed by atoms with Crippen LogP contribution in [0.3, 0.4) is 0 Å². The lowest BCUT2D eigenvalue weighted by molar-refractivity contribution is 0.240. The molecular weight excluding hydrogens is 156 g/mol. The Morgan fingerprint density at radius 3 is 2.58 bits per heavy atom. The molecule has 2 amide bonds. The molecule has 0 aromatic rings. The second-order valence-electron chi connectivity index (χ2n) is 2.99. The molecule has 0 aromatic carbocycles. The Kier molecular flexibility index (Phi) is 2.52. The number of hydrogen-bond donors (Lipinski definition) is 4. The van der Waals surface area contributed by atoms with Gasteiger partial charge in [-0.15, -0.1) is 0 Å². The van der Waals surface area contributed by atoms with E-state index < -0.39 is 0 Å². The van der Waals surface area contributed by atoms with Gasteiger partial charge in [0.2, 0.25) is 0 Å². The number of amides is 2. The highest BCUT2D eigenvalue weighted by molar-refractivity contribution is 5.88. The van der Waals surface area contributed by atoms with Crippen molar-refractivity contribution in [3.05, 3.63) is 0 Å². The first kappa shape index (κ1) is 8.83. The number of amidine groups is 1. The lowest BCUT2D eigenvalue weighted by atomic mass is 10.2. The molecule has 1 aliphatic rings. The molecule has 1 aliphatic carbocycles. The molecule has 0 bridgehead atoms. The molecule has 0 saturated heterocycles. The largest absolute Gasteiger partial charge is 0.386 e. The van der Waals surface area contributed by atoms with Gasteiger partial charge < -0.3 is 16.4 Å². The normalized spacial score (nSPS) is 18.1. The average molecular weight is 170 g/mol. The van der Waals surface area contributed by atoms with Gasteiger partial charge in [0.15, 0.2) is 0 Å². The zero-order chi connectivity index (χ0) is 9.14. The molecule has 0 spiro atoms. The van der Waals surface area contributed by atoms with Crippen LogP contribution in [0.5, 0.6) is 0 Å². The number of rotatable bonds is 3. The molecule has 12 heavy (non-hydrogen) atoms. The minimum absolute atomic E-state index is 0.0427. The average Bonchev–Trinajstić information content (AvgIpc) is 2.81. The highest BCUT2D eigenvalue weighted by Crippen LogP contribution is 2.32. The fourth-order valence-electron chi connectivity index (χ4n) is 1.09. The predicted molar refractivity (Wildman–Crippen MR) is 46.0 cm³/mol. The monoisotopic (exact) mass is 170 g/mol. The highest BCUT2D eigenvalue weighted by atomic mass is 16.2. The van der Waals surface area contributed by atoms with E-state index in [1.807, 2.05) is 0 Å². The molecule has 0 aromatic heterocycles. The number of carbonyl (C=O) groups excluding carboxylic acids is 1. The third-order valence-electron chi connectivity index (χ3n) is 1.94. The van der Waals surface area contributed by atoms with Gasteiger partial charge in [-0.3, -0.25) is 5.41 Å². The molecule has 0 radical (unpaired) electrons. The van der Waals surface area contributed by atoms with Gasteiger partial charge in [0.1, 0.15) is 5.84 Å². The summed E-state index contributed by atoms with van der Waals surface area (Å²) >= 11 is 0. The second-order valence-corrected chi connectivity index (χ2v) is 2.99. The second kappa shape index (κ2) is 3.42. The fourth-order valence-corrected chi connectivity index (χ4v) is 1.09. The Hall–Kier alpha value is -1.26. The van der Waals surface area contributed by atoms with E-state index in [1.165, 1.54) is 0 Å². The van der Waals surface area contributed by atoms with Crippen molar-refractivity contribution in [3.8, 4) is 0 Å². The van der Waals surface area contributed by atoms with Gasteiger partial charge >= 0.3 is 6.03 Å². The molecule has 0 aliphatic heterocycles. The summed E-state index contributed by atoms with van der Waals surface area (Å²) in [5, 5.41) is 12.3. The Bertz CT molecular complexity index is 200. The Labute approximate surface area is 71.2 Å². The van der Waals surface area contributed by atoms with Gasteiger partial charge in [-0.2, -0.15) is 0 Å². The predicted octanol–water partition coefficient (Wildman–Crippen LogP) is -0.370. The zero-order valence-electron chi connectivity index (χ0n) is 7.05. The Balaban J connectivity index is 2.43. The quantitative estimate of drug-likeness (QED) is 0.344. The van der Waals surface area contributed by atoms with Crippen LogP contribution in [0.25, 0.3) is 0 Å². The highest BCUT2D eigenvalue weighted by Gasteiger charge is 2.34. The van der Waals surface area contributed by atoms with E-state index in [0.717, 1.165) is 12.8 Å². The zero-order valence-corrected chi connectivity index (χ0v) is 7.05. The van der Waals surface area contributed by atoms with Gasteiger partial charge in [0, 0.05) is 7.05 Å². The molecule has 5 heteroatoms. The van der Waals surface area contributed by atoms with Crippen LogP contribution in [0.15, 0.2) is 0 Å². The number of nitrogens with one attached hydrogen (secondary N) is 3. The summed E-state index contributed by atoms with van der Waals surface area (Å²) in [7, 11) is 1.54. The van der Waals surface area contributed by atoms with Crippen LogP contribution in [0.2, 0.25) is 0 Å². The van der Waals surface area contributed by atoms with Crippen LogP contribution in [0.4, 0.5) is 4.79 Å². The maximum Gasteiger partial charge on any atom is 0.315 e. The van der Waals surface area contributed by atoms with Crippen molar-refractivity contribution < 1.29 is 4.79 Å². The van der Waals surface area contributed by atoms with Crippen LogP contribution >= 0.6 is 0 Å². The third-order valence-corrected chi connectivity index (χ3v) is 1.94. The van der Waals surface area contributed by atoms with E-state index in [2.05, 4.69) is 10.6 Å². The fraction of sp³-hybridized carbons (Fsp3) is 0.714. The summed E-state index contributed by atoms with van der Waals surface area (Å²) in [5.74, 6) is 0.418. The molecule has 1 fully saturated rings. The molecule has 5 N–H and O–H groups in total. The van der Waals surface area contributed by atoms with E-state index in [1.54, 1.807) is 7.05 Å². The molecule has 68 valence electrons. The van der Waals surface area contributed by atoms with Crippen molar-refractivity contribution in [2.45, 2.75) is 18.9 Å². The van der Waals surface area contributed by atoms with Crippen LogP contribution < -0.4 is 16.4 Å². The molecule has 1 rings (SSSR count). The number of hydrogen-bond acceptors (Lipinski definition) is 2. The number of urea groups is 1. The Morgan fingerprint density at radius 2 is 2.25 bits per heavy atom. The van der Waals surface area contributed by atoms with Crippen LogP contribution in [-0.4, -0.2) is 25.0 Å². The number of carbonyl (C=O) groups is 1. The molecule has 1 unspecified atom stereocenters. The summed E-state index contributed by atoms with van der Waals surface area (Å²) in [6.07, 6.45) is 2.10.